The second kappa shape index (κ2) is 20.0. The molecule has 9 rings (SSSR count). The SMILES string of the molecule is CCc1cc(Nc2ncc(Br)c(Nc3ccc4nccnc4c3P(C)(C)=O)n2)c(OC)cc1N1CCC(N2CCN(C(=O)c3nc(C(=O)Nc4ccc(C5CCC(=O)NC5=O)cc4)n[nH]3)CC2)CC1. The molecule has 6 aromatic rings. The molecule has 358 valence electrons. The van der Waals surface area contributed by atoms with Crippen LogP contribution >= 0.6 is 23.1 Å². The van der Waals surface area contributed by atoms with Crippen LogP contribution in [0.2, 0.25) is 0 Å². The first kappa shape index (κ1) is 47.2. The third-order valence-corrected chi connectivity index (χ3v) is 14.9. The van der Waals surface area contributed by atoms with Crippen LogP contribution in [0.3, 0.4) is 0 Å². The van der Waals surface area contributed by atoms with Gasteiger partial charge in [0.15, 0.2) is 0 Å². The molecule has 3 aliphatic heterocycles. The lowest BCUT2D eigenvalue weighted by Gasteiger charge is -2.43. The monoisotopic (exact) mass is 1020 g/mol. The van der Waals surface area contributed by atoms with Gasteiger partial charge in [-0.15, -0.1) is 5.10 Å². The largest absolute Gasteiger partial charge is 0.494 e. The highest BCUT2D eigenvalue weighted by Gasteiger charge is 2.32. The van der Waals surface area contributed by atoms with Crippen LogP contribution in [0, 0.1) is 0 Å². The lowest BCUT2D eigenvalue weighted by atomic mass is 9.90. The van der Waals surface area contributed by atoms with Gasteiger partial charge < -0.3 is 35.1 Å². The maximum absolute atomic E-state index is 13.5. The topological polar surface area (TPSA) is 246 Å². The summed E-state index contributed by atoms with van der Waals surface area (Å²) < 4.78 is 20.1. The average molecular weight is 1020 g/mol. The lowest BCUT2D eigenvalue weighted by Crippen LogP contribution is -2.54. The van der Waals surface area contributed by atoms with Crippen LogP contribution in [0.5, 0.6) is 5.75 Å². The summed E-state index contributed by atoms with van der Waals surface area (Å²) in [5.74, 6) is -0.625. The van der Waals surface area contributed by atoms with Gasteiger partial charge in [0.05, 0.1) is 39.7 Å². The summed E-state index contributed by atoms with van der Waals surface area (Å²) in [7, 11) is -1.15. The van der Waals surface area contributed by atoms with Crippen LogP contribution in [-0.4, -0.2) is 134 Å². The van der Waals surface area contributed by atoms with E-state index >= 15 is 0 Å². The standard InChI is InChI=1S/C47H52BrN14O6P/c1-5-27-24-35(54-47-51-26-32(48)41(57-47)53-34-12-11-33-39(50-17-16-49-33)40(34)69(3,4)67)37(68-2)25-36(27)61-18-14-30(15-19-61)60-20-22-62(23-21-60)46(66)43-56-42(58-59-43)45(65)52-29-8-6-28(7-9-29)31-10-13-38(63)55-44(31)64/h6-9,11-12,16-17,24-26,30-31H,5,10,13-15,18-23H2,1-4H3,(H,52,65)(H,55,63,64)(H,56,58,59)(H2,51,53,54,57). The Hall–Kier alpha value is -6.83. The smallest absolute Gasteiger partial charge is 0.295 e. The molecule has 22 heteroatoms. The minimum atomic E-state index is -2.80. The van der Waals surface area contributed by atoms with E-state index in [4.69, 9.17) is 9.72 Å². The Morgan fingerprint density at radius 1 is 0.899 bits per heavy atom. The van der Waals surface area contributed by atoms with Crippen LogP contribution in [0.4, 0.5) is 34.5 Å². The highest BCUT2D eigenvalue weighted by molar-refractivity contribution is 9.10. The first-order valence-electron chi connectivity index (χ1n) is 22.8. The number of anilines is 6. The van der Waals surface area contributed by atoms with E-state index in [0.717, 1.165) is 54.9 Å². The molecule has 3 aliphatic rings. The Kier molecular flexibility index (Phi) is 13.7. The summed E-state index contributed by atoms with van der Waals surface area (Å²) in [6, 6.07) is 15.0. The van der Waals surface area contributed by atoms with E-state index < -0.39 is 19.0 Å². The molecule has 3 aromatic carbocycles. The maximum Gasteiger partial charge on any atom is 0.295 e. The molecule has 0 saturated carbocycles. The summed E-state index contributed by atoms with van der Waals surface area (Å²) in [6.45, 7) is 9.74. The fraction of sp³-hybridized carbons (Fsp3) is 0.362. The van der Waals surface area contributed by atoms with Crippen molar-refractivity contribution in [2.45, 2.75) is 51.0 Å². The number of aromatic nitrogens is 7. The second-order valence-corrected chi connectivity index (χ2v) is 21.5. The Morgan fingerprint density at radius 3 is 2.36 bits per heavy atom. The number of hydrogen-bond donors (Lipinski definition) is 5. The molecular formula is C47H52BrN14O6P. The molecule has 6 heterocycles. The Balaban J connectivity index is 0.783. The Bertz CT molecular complexity index is 2990. The number of fused-ring (bicyclic) bond motifs is 1. The first-order valence-corrected chi connectivity index (χ1v) is 26.2. The molecule has 69 heavy (non-hydrogen) atoms. The van der Waals surface area contributed by atoms with E-state index in [2.05, 4.69) is 96.2 Å². The molecule has 1 unspecified atom stereocenters. The summed E-state index contributed by atoms with van der Waals surface area (Å²) >= 11 is 3.58. The zero-order valence-electron chi connectivity index (χ0n) is 38.6. The number of benzene rings is 3. The van der Waals surface area contributed by atoms with Crippen LogP contribution in [-0.2, 0) is 20.6 Å². The average Bonchev–Trinajstić information content (AvgIpc) is 3.86. The van der Waals surface area contributed by atoms with E-state index in [1.807, 2.05) is 12.1 Å². The first-order chi connectivity index (χ1) is 33.3. The highest BCUT2D eigenvalue weighted by atomic mass is 79.9. The van der Waals surface area contributed by atoms with Crippen molar-refractivity contribution in [2.24, 2.45) is 0 Å². The van der Waals surface area contributed by atoms with Gasteiger partial charge in [-0.1, -0.05) is 19.1 Å². The zero-order chi connectivity index (χ0) is 48.4. The predicted octanol–water partition coefficient (Wildman–Crippen LogP) is 5.81. The van der Waals surface area contributed by atoms with Gasteiger partial charge in [-0.25, -0.2) is 4.98 Å². The fourth-order valence-corrected chi connectivity index (χ4v) is 10.9. The number of hydrogen-bond acceptors (Lipinski definition) is 16. The number of aromatic amines is 1. The quantitative estimate of drug-likeness (QED) is 0.0677. The van der Waals surface area contributed by atoms with Crippen molar-refractivity contribution in [3.63, 3.8) is 0 Å². The van der Waals surface area contributed by atoms with Crippen molar-refractivity contribution >= 4 is 97.6 Å². The molecule has 0 aliphatic carbocycles. The number of methoxy groups -OCH3 is 1. The van der Waals surface area contributed by atoms with Crippen molar-refractivity contribution in [1.82, 2.24) is 50.2 Å². The number of piperazine rings is 1. The third kappa shape index (κ3) is 10.3. The third-order valence-electron chi connectivity index (χ3n) is 12.8. The predicted molar refractivity (Wildman–Crippen MR) is 266 cm³/mol. The van der Waals surface area contributed by atoms with Crippen LogP contribution in [0.15, 0.2) is 71.6 Å². The van der Waals surface area contributed by atoms with Crippen molar-refractivity contribution < 1.29 is 28.5 Å². The van der Waals surface area contributed by atoms with Crippen LogP contribution < -0.4 is 36.2 Å². The number of aryl methyl sites for hydroxylation is 1. The number of amides is 4. The molecule has 5 N–H and O–H groups in total. The number of H-pyrrole nitrogens is 1. The van der Waals surface area contributed by atoms with Gasteiger partial charge in [-0.2, -0.15) is 9.97 Å². The molecule has 3 saturated heterocycles. The number of carbonyl (C=O) groups excluding carboxylic acids is 4. The van der Waals surface area contributed by atoms with E-state index in [-0.39, 0.29) is 35.8 Å². The summed E-state index contributed by atoms with van der Waals surface area (Å²) in [5, 5.41) is 19.1. The molecule has 0 spiro atoms. The molecule has 4 amide bonds. The van der Waals surface area contributed by atoms with Gasteiger partial charge in [0.25, 0.3) is 11.8 Å². The van der Waals surface area contributed by atoms with Gasteiger partial charge in [-0.05, 0) is 96.4 Å². The van der Waals surface area contributed by atoms with Gasteiger partial charge in [0.2, 0.25) is 29.4 Å². The number of ether oxygens (including phenoxy) is 1. The van der Waals surface area contributed by atoms with E-state index in [1.54, 1.807) is 68.2 Å². The molecule has 20 nitrogen and oxygen atoms in total. The summed E-state index contributed by atoms with van der Waals surface area (Å²) in [4.78, 5) is 79.3. The highest BCUT2D eigenvalue weighted by Crippen LogP contribution is 2.42. The van der Waals surface area contributed by atoms with Gasteiger partial charge in [0.1, 0.15) is 24.2 Å². The van der Waals surface area contributed by atoms with Crippen molar-refractivity contribution in [1.29, 1.82) is 0 Å². The van der Waals surface area contributed by atoms with E-state index in [9.17, 15) is 23.7 Å². The number of carbonyl (C=O) groups is 4. The number of piperidine rings is 2. The molecule has 3 fully saturated rings. The Morgan fingerprint density at radius 2 is 1.65 bits per heavy atom. The summed E-state index contributed by atoms with van der Waals surface area (Å²) in [5.41, 5.74) is 6.07. The van der Waals surface area contributed by atoms with Crippen molar-refractivity contribution in [3.8, 4) is 5.75 Å². The lowest BCUT2D eigenvalue weighted by molar-refractivity contribution is -0.134. The fourth-order valence-electron chi connectivity index (χ4n) is 9.26. The Labute approximate surface area is 406 Å². The zero-order valence-corrected chi connectivity index (χ0v) is 41.1. The summed E-state index contributed by atoms with van der Waals surface area (Å²) in [6.07, 6.45) is 8.28. The second-order valence-electron chi connectivity index (χ2n) is 17.5. The minimum Gasteiger partial charge on any atom is -0.494 e. The molecule has 3 aromatic heterocycles. The normalized spacial score (nSPS) is 17.1. The number of halogens is 1. The number of rotatable bonds is 13. The number of imide groups is 1. The van der Waals surface area contributed by atoms with Crippen LogP contribution in [0.1, 0.15) is 70.9 Å². The number of nitrogens with zero attached hydrogens (tertiary/aromatic N) is 9. The molecule has 0 bridgehead atoms. The maximum atomic E-state index is 13.5. The van der Waals surface area contributed by atoms with Gasteiger partial charge in [0, 0.05) is 87.8 Å². The van der Waals surface area contributed by atoms with Gasteiger partial charge >= 0.3 is 0 Å². The molecular weight excluding hydrogens is 967 g/mol. The minimum absolute atomic E-state index is 0.00170. The van der Waals surface area contributed by atoms with E-state index in [1.165, 1.54) is 0 Å². The molecule has 0 radical (unpaired) electrons. The molecule has 1 atom stereocenters. The van der Waals surface area contributed by atoms with Crippen molar-refractivity contribution in [2.75, 3.05) is 80.6 Å². The van der Waals surface area contributed by atoms with Crippen LogP contribution in [0.25, 0.3) is 11.0 Å². The van der Waals surface area contributed by atoms with Gasteiger partial charge in [-0.3, -0.25) is 44.5 Å². The van der Waals surface area contributed by atoms with E-state index in [0.29, 0.717) is 88.3 Å². The van der Waals surface area contributed by atoms with Crippen molar-refractivity contribution in [3.05, 3.63) is 94.4 Å². The number of nitrogens with one attached hydrogen (secondary N) is 5.